The molecular weight excluding hydrogens is 168 g/mol. The van der Waals surface area contributed by atoms with Gasteiger partial charge in [0.15, 0.2) is 0 Å². The highest BCUT2D eigenvalue weighted by Gasteiger charge is 2.17. The van der Waals surface area contributed by atoms with E-state index in [4.69, 9.17) is 0 Å². The topological polar surface area (TPSA) is 0 Å². The van der Waals surface area contributed by atoms with Gasteiger partial charge >= 0.3 is 0 Å². The minimum absolute atomic E-state index is 0.853. The van der Waals surface area contributed by atoms with Gasteiger partial charge in [-0.15, -0.1) is 0 Å². The molecule has 1 rings (SSSR count). The lowest BCUT2D eigenvalue weighted by Crippen LogP contribution is -2.12. The van der Waals surface area contributed by atoms with Gasteiger partial charge in [0.1, 0.15) is 0 Å². The third kappa shape index (κ3) is 4.30. The molecule has 1 aliphatic rings. The fourth-order valence-electron chi connectivity index (χ4n) is 2.54. The predicted octanol–water partition coefficient (Wildman–Crippen LogP) is 4.66. The van der Waals surface area contributed by atoms with Crippen molar-refractivity contribution in [2.75, 3.05) is 0 Å². The number of allylic oxidation sites excluding steroid dienone is 2. The molecule has 1 aliphatic carbocycles. The Hall–Kier alpha value is -0.260. The van der Waals surface area contributed by atoms with Crippen molar-refractivity contribution >= 4 is 0 Å². The zero-order chi connectivity index (χ0) is 10.6. The first-order chi connectivity index (χ1) is 6.58. The van der Waals surface area contributed by atoms with Crippen molar-refractivity contribution in [2.24, 2.45) is 23.7 Å². The van der Waals surface area contributed by atoms with E-state index < -0.39 is 0 Å². The van der Waals surface area contributed by atoms with Crippen molar-refractivity contribution < 1.29 is 0 Å². The van der Waals surface area contributed by atoms with Gasteiger partial charge in [-0.1, -0.05) is 39.8 Å². The number of rotatable bonds is 4. The molecule has 0 heterocycles. The van der Waals surface area contributed by atoms with Crippen molar-refractivity contribution in [3.8, 4) is 0 Å². The zero-order valence-corrected chi connectivity index (χ0v) is 10.3. The van der Waals surface area contributed by atoms with Gasteiger partial charge in [-0.3, -0.25) is 0 Å². The van der Waals surface area contributed by atoms with Crippen molar-refractivity contribution in [3.63, 3.8) is 0 Å². The highest BCUT2D eigenvalue weighted by atomic mass is 14.2. The summed E-state index contributed by atoms with van der Waals surface area (Å²) in [4.78, 5) is 0. The molecule has 0 radical (unpaired) electrons. The normalized spacial score (nSPS) is 27.6. The zero-order valence-electron chi connectivity index (χ0n) is 10.3. The van der Waals surface area contributed by atoms with Crippen molar-refractivity contribution in [1.82, 2.24) is 0 Å². The molecule has 0 bridgehead atoms. The van der Waals surface area contributed by atoms with Crippen molar-refractivity contribution in [3.05, 3.63) is 12.2 Å². The maximum atomic E-state index is 2.48. The minimum atomic E-state index is 0.853. The summed E-state index contributed by atoms with van der Waals surface area (Å²) in [7, 11) is 0. The van der Waals surface area contributed by atoms with Gasteiger partial charge in [-0.2, -0.15) is 0 Å². The SMILES string of the molecule is CC(C)CC1C=CC(CC(C)C)CC1. The van der Waals surface area contributed by atoms with E-state index in [9.17, 15) is 0 Å². The fraction of sp³-hybridized carbons (Fsp3) is 0.857. The van der Waals surface area contributed by atoms with Crippen LogP contribution in [0.3, 0.4) is 0 Å². The molecule has 0 aliphatic heterocycles. The van der Waals surface area contributed by atoms with Gasteiger partial charge in [0.25, 0.3) is 0 Å². The first kappa shape index (κ1) is 11.8. The first-order valence-electron chi connectivity index (χ1n) is 6.26. The molecular formula is C14H26. The second-order valence-electron chi connectivity index (χ2n) is 5.74. The van der Waals surface area contributed by atoms with Crippen LogP contribution in [0, 0.1) is 23.7 Å². The lowest BCUT2D eigenvalue weighted by atomic mass is 9.81. The monoisotopic (exact) mass is 194 g/mol. The maximum Gasteiger partial charge on any atom is -0.0231 e. The van der Waals surface area contributed by atoms with Gasteiger partial charge in [0.05, 0.1) is 0 Å². The highest BCUT2D eigenvalue weighted by Crippen LogP contribution is 2.30. The summed E-state index contributed by atoms with van der Waals surface area (Å²) in [5.74, 6) is 3.45. The van der Waals surface area contributed by atoms with Gasteiger partial charge in [0, 0.05) is 0 Å². The molecule has 0 aromatic heterocycles. The van der Waals surface area contributed by atoms with Gasteiger partial charge in [-0.25, -0.2) is 0 Å². The van der Waals surface area contributed by atoms with Crippen LogP contribution >= 0.6 is 0 Å². The Labute approximate surface area is 89.8 Å². The molecule has 14 heavy (non-hydrogen) atoms. The fourth-order valence-corrected chi connectivity index (χ4v) is 2.54. The van der Waals surface area contributed by atoms with Crippen LogP contribution in [0.25, 0.3) is 0 Å². The smallest absolute Gasteiger partial charge is 0.0231 e. The summed E-state index contributed by atoms with van der Waals surface area (Å²) in [6.45, 7) is 9.31. The molecule has 0 aromatic carbocycles. The largest absolute Gasteiger partial charge is 0.0851 e. The van der Waals surface area contributed by atoms with Crippen LogP contribution in [-0.4, -0.2) is 0 Å². The lowest BCUT2D eigenvalue weighted by Gasteiger charge is -2.25. The standard InChI is InChI=1S/C14H26/c1-11(2)9-13-5-7-14(8-6-13)10-12(3)4/h5,7,11-14H,6,8-10H2,1-4H3. The van der Waals surface area contributed by atoms with E-state index in [2.05, 4.69) is 39.8 Å². The van der Waals surface area contributed by atoms with Gasteiger partial charge in [-0.05, 0) is 49.4 Å². The molecule has 2 atom stereocenters. The van der Waals surface area contributed by atoms with Crippen molar-refractivity contribution in [2.45, 2.75) is 53.4 Å². The summed E-state index contributed by atoms with van der Waals surface area (Å²) in [5, 5.41) is 0. The van der Waals surface area contributed by atoms with Crippen LogP contribution in [0.15, 0.2) is 12.2 Å². The Morgan fingerprint density at radius 3 is 1.43 bits per heavy atom. The molecule has 0 saturated heterocycles. The molecule has 0 saturated carbocycles. The molecule has 0 N–H and O–H groups in total. The van der Waals surface area contributed by atoms with Crippen LogP contribution < -0.4 is 0 Å². The van der Waals surface area contributed by atoms with Gasteiger partial charge in [0.2, 0.25) is 0 Å². The Balaban J connectivity index is 2.32. The molecule has 2 unspecified atom stereocenters. The highest BCUT2D eigenvalue weighted by molar-refractivity contribution is 4.98. The first-order valence-corrected chi connectivity index (χ1v) is 6.26. The van der Waals surface area contributed by atoms with Crippen molar-refractivity contribution in [1.29, 1.82) is 0 Å². The van der Waals surface area contributed by atoms with Crippen LogP contribution in [0.1, 0.15) is 53.4 Å². The number of hydrogen-bond donors (Lipinski definition) is 0. The van der Waals surface area contributed by atoms with Crippen LogP contribution in [0.2, 0.25) is 0 Å². The Bertz CT molecular complexity index is 156. The lowest BCUT2D eigenvalue weighted by molar-refractivity contribution is 0.361. The Morgan fingerprint density at radius 1 is 0.857 bits per heavy atom. The molecule has 0 fully saturated rings. The number of hydrogen-bond acceptors (Lipinski definition) is 0. The summed E-state index contributed by atoms with van der Waals surface area (Å²) >= 11 is 0. The van der Waals surface area contributed by atoms with Gasteiger partial charge < -0.3 is 0 Å². The van der Waals surface area contributed by atoms with E-state index in [1.165, 1.54) is 25.7 Å². The second kappa shape index (κ2) is 5.58. The molecule has 82 valence electrons. The van der Waals surface area contributed by atoms with E-state index in [0.29, 0.717) is 0 Å². The van der Waals surface area contributed by atoms with E-state index in [-0.39, 0.29) is 0 Å². The Kier molecular flexibility index (Phi) is 4.71. The molecule has 0 spiro atoms. The van der Waals surface area contributed by atoms with Crippen LogP contribution in [-0.2, 0) is 0 Å². The van der Waals surface area contributed by atoms with E-state index >= 15 is 0 Å². The molecule has 0 aromatic rings. The average Bonchev–Trinajstić information content (AvgIpc) is 2.06. The maximum absolute atomic E-state index is 2.48. The van der Waals surface area contributed by atoms with E-state index in [1.54, 1.807) is 0 Å². The predicted molar refractivity (Wildman–Crippen MR) is 64.3 cm³/mol. The summed E-state index contributed by atoms with van der Waals surface area (Å²) in [5.41, 5.74) is 0. The molecule has 0 nitrogen and oxygen atoms in total. The van der Waals surface area contributed by atoms with E-state index in [0.717, 1.165) is 23.7 Å². The average molecular weight is 194 g/mol. The quantitative estimate of drug-likeness (QED) is 0.571. The minimum Gasteiger partial charge on any atom is -0.0851 e. The third-order valence-electron chi connectivity index (χ3n) is 3.11. The molecule has 0 heteroatoms. The second-order valence-corrected chi connectivity index (χ2v) is 5.74. The summed E-state index contributed by atoms with van der Waals surface area (Å²) in [6, 6.07) is 0. The third-order valence-corrected chi connectivity index (χ3v) is 3.11. The van der Waals surface area contributed by atoms with Crippen LogP contribution in [0.4, 0.5) is 0 Å². The van der Waals surface area contributed by atoms with Crippen LogP contribution in [0.5, 0.6) is 0 Å². The Morgan fingerprint density at radius 2 is 1.21 bits per heavy atom. The molecule has 0 amide bonds. The summed E-state index contributed by atoms with van der Waals surface area (Å²) in [6.07, 6.45) is 10.6. The van der Waals surface area contributed by atoms with E-state index in [1.807, 2.05) is 0 Å². The summed E-state index contributed by atoms with van der Waals surface area (Å²) < 4.78 is 0.